The molecule has 0 unspecified atom stereocenters. The molecule has 3 heterocycles. The van der Waals surface area contributed by atoms with Crippen LogP contribution in [0.5, 0.6) is 0 Å². The number of nitrogens with two attached hydrogens (primary N) is 1. The van der Waals surface area contributed by atoms with Crippen molar-refractivity contribution in [3.05, 3.63) is 99.6 Å². The minimum absolute atomic E-state index is 0.0320. The van der Waals surface area contributed by atoms with E-state index in [2.05, 4.69) is 20.6 Å². The average molecular weight is 624 g/mol. The SMILES string of the molecule is CN/C=C\C(N)=NC(=O)C1=CCCC(NC(=O)c2nc(C)cc3cc(-c4ccc(-c5c(C)on(C)c5=O)cc4)n(CCCO)c23)=C1. The van der Waals surface area contributed by atoms with E-state index in [9.17, 15) is 19.5 Å². The van der Waals surface area contributed by atoms with Crippen LogP contribution in [0.4, 0.5) is 0 Å². The van der Waals surface area contributed by atoms with Crippen LogP contribution in [0, 0.1) is 13.8 Å². The number of aromatic nitrogens is 3. The molecule has 0 saturated carbocycles. The van der Waals surface area contributed by atoms with Gasteiger partial charge in [0.05, 0.1) is 11.1 Å². The monoisotopic (exact) mass is 623 g/mol. The quantitative estimate of drug-likeness (QED) is 0.153. The number of aliphatic imine (C=N–C) groups is 1. The van der Waals surface area contributed by atoms with Crippen LogP contribution in [-0.2, 0) is 18.4 Å². The van der Waals surface area contributed by atoms with E-state index in [0.29, 0.717) is 59.6 Å². The van der Waals surface area contributed by atoms with Gasteiger partial charge >= 0.3 is 0 Å². The first-order chi connectivity index (χ1) is 22.1. The molecule has 0 atom stereocenters. The van der Waals surface area contributed by atoms with Gasteiger partial charge in [-0.15, -0.1) is 0 Å². The Kier molecular flexibility index (Phi) is 9.47. The molecule has 0 bridgehead atoms. The maximum absolute atomic E-state index is 13.8. The molecule has 5 N–H and O–H groups in total. The number of aliphatic hydroxyl groups excluding tert-OH is 1. The molecule has 0 saturated heterocycles. The molecule has 2 amide bonds. The molecule has 12 heteroatoms. The third-order valence-electron chi connectivity index (χ3n) is 7.63. The maximum Gasteiger partial charge on any atom is 0.290 e. The van der Waals surface area contributed by atoms with Crippen molar-refractivity contribution in [3.63, 3.8) is 0 Å². The van der Waals surface area contributed by atoms with Gasteiger partial charge in [0.25, 0.3) is 17.4 Å². The second kappa shape index (κ2) is 13.7. The molecule has 1 aliphatic carbocycles. The highest BCUT2D eigenvalue weighted by molar-refractivity contribution is 6.08. The van der Waals surface area contributed by atoms with Gasteiger partial charge < -0.3 is 30.6 Å². The Hall–Kier alpha value is -5.49. The number of benzene rings is 1. The molecule has 1 aliphatic rings. The zero-order valence-electron chi connectivity index (χ0n) is 26.3. The number of allylic oxidation sites excluding steroid dienone is 2. The number of nitrogens with zero attached hydrogens (tertiary/aromatic N) is 4. The molecule has 0 radical (unpaired) electrons. The Morgan fingerprint density at radius 3 is 2.59 bits per heavy atom. The molecular weight excluding hydrogens is 586 g/mol. The van der Waals surface area contributed by atoms with E-state index in [4.69, 9.17) is 10.3 Å². The molecule has 0 aliphatic heterocycles. The summed E-state index contributed by atoms with van der Waals surface area (Å²) >= 11 is 0. The van der Waals surface area contributed by atoms with E-state index in [1.54, 1.807) is 39.4 Å². The van der Waals surface area contributed by atoms with Gasteiger partial charge in [0.15, 0.2) is 5.69 Å². The Morgan fingerprint density at radius 2 is 1.91 bits per heavy atom. The van der Waals surface area contributed by atoms with Gasteiger partial charge in [0.1, 0.15) is 11.6 Å². The molecule has 3 aromatic heterocycles. The number of pyridine rings is 1. The van der Waals surface area contributed by atoms with Gasteiger partial charge in [-0.25, -0.2) is 4.98 Å². The van der Waals surface area contributed by atoms with Gasteiger partial charge in [-0.05, 0) is 74.7 Å². The van der Waals surface area contributed by atoms with Crippen LogP contribution in [-0.4, -0.2) is 50.7 Å². The minimum Gasteiger partial charge on any atom is -0.396 e. The van der Waals surface area contributed by atoms with Crippen LogP contribution in [0.15, 0.2) is 86.4 Å². The summed E-state index contributed by atoms with van der Waals surface area (Å²) in [5.41, 5.74) is 11.0. The summed E-state index contributed by atoms with van der Waals surface area (Å²) < 4.78 is 8.66. The van der Waals surface area contributed by atoms with Gasteiger partial charge in [-0.3, -0.25) is 14.4 Å². The fourth-order valence-corrected chi connectivity index (χ4v) is 5.57. The summed E-state index contributed by atoms with van der Waals surface area (Å²) in [6, 6.07) is 11.5. The first-order valence-corrected chi connectivity index (χ1v) is 14.9. The minimum atomic E-state index is -0.502. The average Bonchev–Trinajstić information content (AvgIpc) is 3.52. The summed E-state index contributed by atoms with van der Waals surface area (Å²) in [6.07, 6.45) is 7.97. The number of hydrogen-bond donors (Lipinski definition) is 4. The van der Waals surface area contributed by atoms with E-state index in [1.165, 1.54) is 10.8 Å². The van der Waals surface area contributed by atoms with Crippen molar-refractivity contribution in [1.29, 1.82) is 0 Å². The lowest BCUT2D eigenvalue weighted by Crippen LogP contribution is -2.26. The van der Waals surface area contributed by atoms with E-state index in [0.717, 1.165) is 22.2 Å². The third kappa shape index (κ3) is 6.61. The molecule has 1 aromatic carbocycles. The summed E-state index contributed by atoms with van der Waals surface area (Å²) in [5, 5.41) is 16.3. The molecule has 238 valence electrons. The Balaban J connectivity index is 1.50. The summed E-state index contributed by atoms with van der Waals surface area (Å²) in [5.74, 6) is -0.318. The Labute approximate surface area is 265 Å². The number of aliphatic hydroxyl groups is 1. The number of fused-ring (bicyclic) bond motifs is 1. The predicted octanol–water partition coefficient (Wildman–Crippen LogP) is 3.61. The van der Waals surface area contributed by atoms with Gasteiger partial charge in [0, 0.05) is 55.3 Å². The number of amidine groups is 1. The summed E-state index contributed by atoms with van der Waals surface area (Å²) in [6.45, 7) is 3.99. The Morgan fingerprint density at radius 1 is 1.17 bits per heavy atom. The molecular formula is C34H37N7O5. The molecule has 4 aromatic rings. The van der Waals surface area contributed by atoms with Crippen LogP contribution >= 0.6 is 0 Å². The van der Waals surface area contributed by atoms with Crippen molar-refractivity contribution < 1.29 is 19.2 Å². The maximum atomic E-state index is 13.8. The van der Waals surface area contributed by atoms with Crippen molar-refractivity contribution in [1.82, 2.24) is 24.9 Å². The zero-order chi connectivity index (χ0) is 33.0. The van der Waals surface area contributed by atoms with E-state index in [1.807, 2.05) is 47.9 Å². The highest BCUT2D eigenvalue weighted by Gasteiger charge is 2.22. The topological polar surface area (TPSA) is 170 Å². The van der Waals surface area contributed by atoms with Crippen molar-refractivity contribution >= 4 is 28.6 Å². The van der Waals surface area contributed by atoms with Crippen LogP contribution in [0.25, 0.3) is 33.3 Å². The molecule has 5 rings (SSSR count). The first kappa shape index (κ1) is 31.9. The van der Waals surface area contributed by atoms with Crippen LogP contribution < -0.4 is 21.9 Å². The van der Waals surface area contributed by atoms with Gasteiger partial charge in [-0.1, -0.05) is 30.3 Å². The zero-order valence-corrected chi connectivity index (χ0v) is 26.3. The number of carbonyl (C=O) groups is 2. The molecule has 0 spiro atoms. The smallest absolute Gasteiger partial charge is 0.290 e. The number of amides is 2. The number of aryl methyl sites for hydroxylation is 4. The lowest BCUT2D eigenvalue weighted by Gasteiger charge is -2.16. The normalized spacial score (nSPS) is 13.6. The van der Waals surface area contributed by atoms with Gasteiger partial charge in [-0.2, -0.15) is 9.73 Å². The van der Waals surface area contributed by atoms with Crippen molar-refractivity contribution in [2.75, 3.05) is 13.7 Å². The largest absolute Gasteiger partial charge is 0.396 e. The molecule has 12 nitrogen and oxygen atoms in total. The standard InChI is InChI=1S/C34H37N7O5/c1-20-17-25-19-27(22-9-11-23(12-10-22)29-21(2)46-40(4)34(29)45)41(15-6-16-42)31(25)30(37-20)33(44)38-26-8-5-7-24(18-26)32(43)39-28(35)13-14-36-3/h7,9-14,17-19,36,42H,5-6,8,15-16H2,1-4H3,(H,38,44)(H2,35,39,43)/b14-13-. The lowest BCUT2D eigenvalue weighted by molar-refractivity contribution is -0.114. The second-order valence-electron chi connectivity index (χ2n) is 11.0. The highest BCUT2D eigenvalue weighted by atomic mass is 16.5. The fraction of sp³-hybridized carbons (Fsp3) is 0.265. The number of hydrogen-bond acceptors (Lipinski definition) is 7. The molecule has 0 fully saturated rings. The molecule has 46 heavy (non-hydrogen) atoms. The summed E-state index contributed by atoms with van der Waals surface area (Å²) in [4.78, 5) is 47.7. The first-order valence-electron chi connectivity index (χ1n) is 14.9. The third-order valence-corrected chi connectivity index (χ3v) is 7.63. The van der Waals surface area contributed by atoms with Crippen LogP contribution in [0.1, 0.15) is 41.2 Å². The van der Waals surface area contributed by atoms with E-state index < -0.39 is 11.8 Å². The number of nitrogens with one attached hydrogen (secondary N) is 2. The predicted molar refractivity (Wildman–Crippen MR) is 177 cm³/mol. The second-order valence-corrected chi connectivity index (χ2v) is 11.0. The summed E-state index contributed by atoms with van der Waals surface area (Å²) in [7, 11) is 3.28. The van der Waals surface area contributed by atoms with Crippen molar-refractivity contribution in [2.45, 2.75) is 39.7 Å². The fourth-order valence-electron chi connectivity index (χ4n) is 5.57. The lowest BCUT2D eigenvalue weighted by atomic mass is 10.0. The van der Waals surface area contributed by atoms with E-state index in [-0.39, 0.29) is 23.7 Å². The number of rotatable bonds is 10. The van der Waals surface area contributed by atoms with Crippen LogP contribution in [0.3, 0.4) is 0 Å². The van der Waals surface area contributed by atoms with E-state index >= 15 is 0 Å². The van der Waals surface area contributed by atoms with Crippen LogP contribution in [0.2, 0.25) is 0 Å². The highest BCUT2D eigenvalue weighted by Crippen LogP contribution is 2.32. The van der Waals surface area contributed by atoms with Crippen molar-refractivity contribution in [3.8, 4) is 22.4 Å². The van der Waals surface area contributed by atoms with Gasteiger partial charge in [0.2, 0.25) is 0 Å². The number of carbonyl (C=O) groups excluding carboxylic acids is 2. The van der Waals surface area contributed by atoms with Crippen molar-refractivity contribution in [2.24, 2.45) is 17.8 Å². The Bertz CT molecular complexity index is 1990.